The molecule has 2 atom stereocenters. The van der Waals surface area contributed by atoms with Crippen LogP contribution >= 0.6 is 11.6 Å². The standard InChI is InChI=1S/C17H18ClFN6O4/c18-14-13-15(24(17(27)21-13)9-2-4-10(26)5-3-9)23-16(22-14)20-11-7-8(19)1-6-12(11)25(28)29/h1,6-7,9-10,13,15,26H,2-5H2,(H,20,23)(H,21,27). The third-order valence-corrected chi connectivity index (χ3v) is 5.60. The van der Waals surface area contributed by atoms with Crippen molar-refractivity contribution >= 4 is 40.1 Å². The summed E-state index contributed by atoms with van der Waals surface area (Å²) in [6.07, 6.45) is 1.34. The quantitative estimate of drug-likeness (QED) is 0.505. The summed E-state index contributed by atoms with van der Waals surface area (Å²) in [5.74, 6) is -0.718. The molecular formula is C17H18ClFN6O4. The summed E-state index contributed by atoms with van der Waals surface area (Å²) in [6.45, 7) is 0. The number of rotatable bonds is 3. The van der Waals surface area contributed by atoms with Gasteiger partial charge in [0, 0.05) is 18.2 Å². The molecule has 1 saturated carbocycles. The second-order valence-electron chi connectivity index (χ2n) is 7.14. The van der Waals surface area contributed by atoms with Gasteiger partial charge in [0.2, 0.25) is 5.96 Å². The highest BCUT2D eigenvalue weighted by molar-refractivity contribution is 6.68. The lowest BCUT2D eigenvalue weighted by atomic mass is 9.92. The molecule has 2 heterocycles. The lowest BCUT2D eigenvalue weighted by Crippen LogP contribution is -2.48. The van der Waals surface area contributed by atoms with Gasteiger partial charge in [0.15, 0.2) is 6.17 Å². The molecule has 1 saturated heterocycles. The third kappa shape index (κ3) is 3.75. The van der Waals surface area contributed by atoms with E-state index in [0.717, 1.165) is 18.2 Å². The number of carbonyl (C=O) groups is 1. The molecule has 154 valence electrons. The van der Waals surface area contributed by atoms with Gasteiger partial charge in [-0.1, -0.05) is 11.6 Å². The van der Waals surface area contributed by atoms with E-state index in [2.05, 4.69) is 20.6 Å². The van der Waals surface area contributed by atoms with Gasteiger partial charge in [0.1, 0.15) is 22.7 Å². The Balaban J connectivity index is 1.62. The number of benzene rings is 1. The predicted molar refractivity (Wildman–Crippen MR) is 104 cm³/mol. The van der Waals surface area contributed by atoms with Crippen LogP contribution in [0.4, 0.5) is 20.6 Å². The van der Waals surface area contributed by atoms with E-state index >= 15 is 0 Å². The van der Waals surface area contributed by atoms with Gasteiger partial charge in [-0.05, 0) is 31.7 Å². The molecule has 1 aromatic rings. The highest BCUT2D eigenvalue weighted by atomic mass is 35.5. The second-order valence-corrected chi connectivity index (χ2v) is 7.53. The Hall–Kier alpha value is -2.79. The minimum Gasteiger partial charge on any atom is -0.393 e. The summed E-state index contributed by atoms with van der Waals surface area (Å²) in [6, 6.07) is 1.89. The molecule has 0 spiro atoms. The van der Waals surface area contributed by atoms with Crippen molar-refractivity contribution in [3.05, 3.63) is 34.1 Å². The van der Waals surface area contributed by atoms with Crippen LogP contribution in [0, 0.1) is 15.9 Å². The highest BCUT2D eigenvalue weighted by Gasteiger charge is 2.47. The van der Waals surface area contributed by atoms with E-state index in [1.54, 1.807) is 4.90 Å². The van der Waals surface area contributed by atoms with Gasteiger partial charge < -0.3 is 15.7 Å². The normalized spacial score (nSPS) is 28.9. The maximum absolute atomic E-state index is 13.6. The molecule has 2 unspecified atom stereocenters. The first-order valence-electron chi connectivity index (χ1n) is 9.13. The number of hydrogen-bond donors (Lipinski definition) is 3. The monoisotopic (exact) mass is 424 g/mol. The summed E-state index contributed by atoms with van der Waals surface area (Å²) in [5, 5.41) is 26.4. The summed E-state index contributed by atoms with van der Waals surface area (Å²) < 4.78 is 13.6. The molecule has 2 fully saturated rings. The SMILES string of the molecule is O=C1NC2C(Cl)=NC(Nc3cc(F)ccc3[N+](=O)[O-])=NC2N1C1CCC(O)CC1. The van der Waals surface area contributed by atoms with Crippen molar-refractivity contribution in [1.82, 2.24) is 10.2 Å². The zero-order chi connectivity index (χ0) is 20.7. The van der Waals surface area contributed by atoms with Crippen molar-refractivity contribution < 1.29 is 19.2 Å². The van der Waals surface area contributed by atoms with E-state index in [9.17, 15) is 24.4 Å². The van der Waals surface area contributed by atoms with Gasteiger partial charge in [-0.3, -0.25) is 15.0 Å². The van der Waals surface area contributed by atoms with E-state index in [4.69, 9.17) is 11.6 Å². The fourth-order valence-electron chi connectivity index (χ4n) is 3.87. The molecule has 0 radical (unpaired) electrons. The predicted octanol–water partition coefficient (Wildman–Crippen LogP) is 2.18. The van der Waals surface area contributed by atoms with Crippen LogP contribution in [0.2, 0.25) is 0 Å². The fraction of sp³-hybridized carbons (Fsp3) is 0.471. The molecule has 3 N–H and O–H groups in total. The van der Waals surface area contributed by atoms with Gasteiger partial charge in [-0.15, -0.1) is 0 Å². The number of urea groups is 1. The number of guanidine groups is 1. The Bertz CT molecular complexity index is 917. The minimum absolute atomic E-state index is 0.0534. The Morgan fingerprint density at radius 2 is 2.07 bits per heavy atom. The van der Waals surface area contributed by atoms with Crippen molar-refractivity contribution in [2.75, 3.05) is 5.32 Å². The number of anilines is 1. The number of aliphatic hydroxyl groups is 1. The molecule has 10 nitrogen and oxygen atoms in total. The van der Waals surface area contributed by atoms with Crippen LogP contribution < -0.4 is 10.6 Å². The fourth-order valence-corrected chi connectivity index (χ4v) is 4.12. The number of aliphatic hydroxyl groups excluding tert-OH is 1. The van der Waals surface area contributed by atoms with Crippen LogP contribution in [0.5, 0.6) is 0 Å². The molecule has 0 bridgehead atoms. The maximum Gasteiger partial charge on any atom is 0.320 e. The molecule has 1 aliphatic carbocycles. The van der Waals surface area contributed by atoms with Crippen LogP contribution in [0.15, 0.2) is 28.2 Å². The Kier molecular flexibility index (Phi) is 5.09. The molecule has 2 amide bonds. The number of carbonyl (C=O) groups excluding carboxylic acids is 1. The number of hydrogen-bond acceptors (Lipinski definition) is 7. The molecule has 4 rings (SSSR count). The Labute approximate surface area is 169 Å². The average molecular weight is 425 g/mol. The van der Waals surface area contributed by atoms with Crippen molar-refractivity contribution in [2.24, 2.45) is 9.98 Å². The van der Waals surface area contributed by atoms with E-state index in [0.29, 0.717) is 25.7 Å². The molecule has 29 heavy (non-hydrogen) atoms. The van der Waals surface area contributed by atoms with E-state index in [1.807, 2.05) is 0 Å². The first kappa shape index (κ1) is 19.5. The summed E-state index contributed by atoms with van der Waals surface area (Å²) in [4.78, 5) is 33.1. The topological polar surface area (TPSA) is 132 Å². The first-order chi connectivity index (χ1) is 13.8. The van der Waals surface area contributed by atoms with Crippen LogP contribution in [-0.2, 0) is 0 Å². The molecule has 3 aliphatic rings. The highest BCUT2D eigenvalue weighted by Crippen LogP contribution is 2.32. The van der Waals surface area contributed by atoms with E-state index in [1.165, 1.54) is 0 Å². The minimum atomic E-state index is -0.692. The third-order valence-electron chi connectivity index (χ3n) is 5.28. The van der Waals surface area contributed by atoms with Crippen molar-refractivity contribution in [2.45, 2.75) is 50.0 Å². The van der Waals surface area contributed by atoms with Gasteiger partial charge in [-0.25, -0.2) is 19.2 Å². The summed E-state index contributed by atoms with van der Waals surface area (Å²) in [7, 11) is 0. The van der Waals surface area contributed by atoms with Gasteiger partial charge in [0.05, 0.1) is 11.0 Å². The van der Waals surface area contributed by atoms with E-state index in [-0.39, 0.29) is 40.7 Å². The number of amides is 2. The number of nitro benzene ring substituents is 1. The second kappa shape index (κ2) is 7.56. The van der Waals surface area contributed by atoms with E-state index < -0.39 is 22.9 Å². The van der Waals surface area contributed by atoms with Gasteiger partial charge in [0.25, 0.3) is 5.69 Å². The Morgan fingerprint density at radius 1 is 1.34 bits per heavy atom. The number of fused-ring (bicyclic) bond motifs is 1. The molecule has 12 heteroatoms. The number of nitrogens with zero attached hydrogens (tertiary/aromatic N) is 4. The zero-order valence-electron chi connectivity index (χ0n) is 15.1. The lowest BCUT2D eigenvalue weighted by Gasteiger charge is -2.35. The number of nitrogens with one attached hydrogen (secondary N) is 2. The lowest BCUT2D eigenvalue weighted by molar-refractivity contribution is -0.383. The van der Waals surface area contributed by atoms with Crippen LogP contribution in [0.25, 0.3) is 0 Å². The smallest absolute Gasteiger partial charge is 0.320 e. The van der Waals surface area contributed by atoms with Crippen LogP contribution in [-0.4, -0.2) is 56.4 Å². The molecule has 1 aromatic carbocycles. The number of aliphatic imine (C=N–C) groups is 2. The molecular weight excluding hydrogens is 407 g/mol. The van der Waals surface area contributed by atoms with Gasteiger partial charge >= 0.3 is 6.03 Å². The zero-order valence-corrected chi connectivity index (χ0v) is 15.8. The average Bonchev–Trinajstić information content (AvgIpc) is 2.99. The van der Waals surface area contributed by atoms with Crippen LogP contribution in [0.1, 0.15) is 25.7 Å². The van der Waals surface area contributed by atoms with Crippen LogP contribution in [0.3, 0.4) is 0 Å². The van der Waals surface area contributed by atoms with Crippen molar-refractivity contribution in [3.8, 4) is 0 Å². The molecule has 0 aromatic heterocycles. The summed E-state index contributed by atoms with van der Waals surface area (Å²) in [5.41, 5.74) is -0.466. The molecule has 2 aliphatic heterocycles. The van der Waals surface area contributed by atoms with Crippen molar-refractivity contribution in [1.29, 1.82) is 0 Å². The number of nitro groups is 1. The first-order valence-corrected chi connectivity index (χ1v) is 9.51. The Morgan fingerprint density at radius 3 is 2.76 bits per heavy atom. The maximum atomic E-state index is 13.6. The van der Waals surface area contributed by atoms with Crippen molar-refractivity contribution in [3.63, 3.8) is 0 Å². The number of halogens is 2. The largest absolute Gasteiger partial charge is 0.393 e. The summed E-state index contributed by atoms with van der Waals surface area (Å²) >= 11 is 6.24. The van der Waals surface area contributed by atoms with Gasteiger partial charge in [-0.2, -0.15) is 0 Å².